The van der Waals surface area contributed by atoms with Crippen molar-refractivity contribution < 1.29 is 14.6 Å². The minimum Gasteiger partial charge on any atom is -0.481 e. The molecule has 1 aliphatic rings. The van der Waals surface area contributed by atoms with Gasteiger partial charge in [0.2, 0.25) is 5.88 Å². The van der Waals surface area contributed by atoms with Crippen molar-refractivity contribution in [2.24, 2.45) is 7.05 Å². The van der Waals surface area contributed by atoms with E-state index >= 15 is 0 Å². The molecule has 2 heterocycles. The number of pyridine rings is 1. The van der Waals surface area contributed by atoms with E-state index in [0.717, 1.165) is 42.3 Å². The number of nitrogens with one attached hydrogen (secondary N) is 2. The smallest absolute Gasteiger partial charge is 0.298 e. The number of ether oxygens (including phenoxy) is 1. The Morgan fingerprint density at radius 3 is 2.52 bits per heavy atom. The van der Waals surface area contributed by atoms with E-state index in [-0.39, 0.29) is 22.9 Å². The molecule has 42 heavy (non-hydrogen) atoms. The van der Waals surface area contributed by atoms with E-state index in [9.17, 15) is 14.7 Å². The van der Waals surface area contributed by atoms with E-state index in [1.807, 2.05) is 30.3 Å². The van der Waals surface area contributed by atoms with Gasteiger partial charge in [0.25, 0.3) is 11.5 Å². The van der Waals surface area contributed by atoms with Gasteiger partial charge in [-0.15, -0.1) is 0 Å². The summed E-state index contributed by atoms with van der Waals surface area (Å²) in [5, 5.41) is 20.8. The Labute approximate surface area is 252 Å². The molecule has 1 saturated carbocycles. The highest BCUT2D eigenvalue weighted by molar-refractivity contribution is 6.39. The molecule has 3 N–H and O–H groups in total. The molecule has 0 spiro atoms. The minimum atomic E-state index is -0.708. The fraction of sp³-hybridized carbons (Fsp3) is 0.300. The zero-order valence-corrected chi connectivity index (χ0v) is 24.6. The number of amides is 1. The van der Waals surface area contributed by atoms with E-state index in [4.69, 9.17) is 32.9 Å². The van der Waals surface area contributed by atoms with Gasteiger partial charge in [0.05, 0.1) is 34.6 Å². The van der Waals surface area contributed by atoms with Crippen LogP contribution >= 0.6 is 23.2 Å². The van der Waals surface area contributed by atoms with E-state index in [0.29, 0.717) is 45.5 Å². The first-order chi connectivity index (χ1) is 20.3. The molecule has 0 radical (unpaired) electrons. The third kappa shape index (κ3) is 6.17. The summed E-state index contributed by atoms with van der Waals surface area (Å²) in [4.78, 5) is 33.6. The third-order valence-corrected chi connectivity index (χ3v) is 8.17. The number of aliphatic hydroxyl groups excluding tert-OH is 1. The van der Waals surface area contributed by atoms with Gasteiger partial charge in [0.15, 0.2) is 5.69 Å². The van der Waals surface area contributed by atoms with E-state index in [1.165, 1.54) is 7.05 Å². The highest BCUT2D eigenvalue weighted by atomic mass is 35.5. The lowest BCUT2D eigenvalue weighted by molar-refractivity contribution is 0.0901. The number of aromatic nitrogens is 4. The van der Waals surface area contributed by atoms with Gasteiger partial charge >= 0.3 is 0 Å². The van der Waals surface area contributed by atoms with Gasteiger partial charge in [0.1, 0.15) is 6.33 Å². The van der Waals surface area contributed by atoms with Crippen molar-refractivity contribution in [3.63, 3.8) is 0 Å². The van der Waals surface area contributed by atoms with Crippen LogP contribution in [-0.2, 0) is 13.6 Å². The molecule has 2 aromatic carbocycles. The molecule has 2 atom stereocenters. The van der Waals surface area contributed by atoms with Crippen LogP contribution in [0, 0.1) is 0 Å². The van der Waals surface area contributed by atoms with Crippen molar-refractivity contribution in [2.45, 2.75) is 44.4 Å². The predicted octanol–water partition coefficient (Wildman–Crippen LogP) is 4.87. The van der Waals surface area contributed by atoms with Crippen molar-refractivity contribution >= 4 is 34.8 Å². The number of halogens is 2. The lowest BCUT2D eigenvalue weighted by Gasteiger charge is -2.28. The highest BCUT2D eigenvalue weighted by Gasteiger charge is 2.23. The van der Waals surface area contributed by atoms with Gasteiger partial charge in [-0.05, 0) is 25.0 Å². The average molecular weight is 610 g/mol. The number of nitrogens with zero attached hydrogens (tertiary/aromatic N) is 4. The van der Waals surface area contributed by atoms with E-state index in [2.05, 4.69) is 20.7 Å². The zero-order valence-electron chi connectivity index (χ0n) is 23.1. The highest BCUT2D eigenvalue weighted by Crippen LogP contribution is 2.41. The van der Waals surface area contributed by atoms with E-state index < -0.39 is 11.5 Å². The quantitative estimate of drug-likeness (QED) is 0.258. The number of rotatable bonds is 8. The van der Waals surface area contributed by atoms with Gasteiger partial charge in [-0.25, -0.2) is 14.6 Å². The van der Waals surface area contributed by atoms with Crippen molar-refractivity contribution in [1.82, 2.24) is 25.1 Å². The molecule has 12 heteroatoms. The first-order valence-electron chi connectivity index (χ1n) is 13.5. The lowest BCUT2D eigenvalue weighted by atomic mass is 9.92. The van der Waals surface area contributed by atoms with Crippen LogP contribution in [0.25, 0.3) is 22.4 Å². The lowest BCUT2D eigenvalue weighted by Crippen LogP contribution is -2.41. The second kappa shape index (κ2) is 13.0. The van der Waals surface area contributed by atoms with Gasteiger partial charge in [-0.3, -0.25) is 9.59 Å². The molecule has 1 amide bonds. The molecule has 10 nitrogen and oxygen atoms in total. The molecule has 218 valence electrons. The standard InChI is InChI=1S/C30H30Cl2N6O4/c1-38-30(41)27(34-16-35-38)28(40)36-23-11-6-8-19(26(23)32)18-7-5-9-20(25(18)31)21-14-13-17(29(37-21)42-2)15-33-22-10-3-4-12-24(22)39/h5-9,11,13-14,16,22,24,33,39H,3-4,10,12,15H2,1-2H3,(H,36,40)/t22-,24+/m1/s1. The zero-order chi connectivity index (χ0) is 29.8. The van der Waals surface area contributed by atoms with Crippen LogP contribution < -0.4 is 20.9 Å². The van der Waals surface area contributed by atoms with Gasteiger partial charge in [-0.2, -0.15) is 5.10 Å². The Hall–Kier alpha value is -3.83. The number of carbonyl (C=O) groups is 1. The Morgan fingerprint density at radius 2 is 1.76 bits per heavy atom. The Balaban J connectivity index is 1.41. The summed E-state index contributed by atoms with van der Waals surface area (Å²) in [6.45, 7) is 0.515. The normalized spacial score (nSPS) is 16.7. The fourth-order valence-corrected chi connectivity index (χ4v) is 5.65. The number of methoxy groups -OCH3 is 1. The summed E-state index contributed by atoms with van der Waals surface area (Å²) in [5.41, 5.74) is 2.72. The van der Waals surface area contributed by atoms with Crippen LogP contribution in [0.2, 0.25) is 10.0 Å². The van der Waals surface area contributed by atoms with Crippen LogP contribution in [0.15, 0.2) is 59.7 Å². The fourth-order valence-electron chi connectivity index (χ4n) is 5.05. The molecule has 0 bridgehead atoms. The molecular formula is C30H30Cl2N6O4. The molecule has 1 fully saturated rings. The summed E-state index contributed by atoms with van der Waals surface area (Å²) in [6, 6.07) is 14.5. The Kier molecular flexibility index (Phi) is 9.18. The predicted molar refractivity (Wildman–Crippen MR) is 162 cm³/mol. The molecule has 1 aliphatic carbocycles. The number of hydrogen-bond donors (Lipinski definition) is 3. The molecule has 0 saturated heterocycles. The summed E-state index contributed by atoms with van der Waals surface area (Å²) in [6.07, 6.45) is 4.67. The summed E-state index contributed by atoms with van der Waals surface area (Å²) < 4.78 is 6.63. The summed E-state index contributed by atoms with van der Waals surface area (Å²) >= 11 is 13.7. The first kappa shape index (κ1) is 29.7. The summed E-state index contributed by atoms with van der Waals surface area (Å²) in [7, 11) is 3.00. The maximum Gasteiger partial charge on any atom is 0.298 e. The van der Waals surface area contributed by atoms with Crippen LogP contribution in [0.5, 0.6) is 5.88 Å². The number of aliphatic hydroxyl groups is 1. The maximum atomic E-state index is 12.8. The largest absolute Gasteiger partial charge is 0.481 e. The van der Waals surface area contributed by atoms with Crippen molar-refractivity contribution in [3.05, 3.63) is 86.5 Å². The monoisotopic (exact) mass is 608 g/mol. The van der Waals surface area contributed by atoms with Crippen molar-refractivity contribution in [1.29, 1.82) is 0 Å². The second-order valence-corrected chi connectivity index (χ2v) is 10.8. The van der Waals surface area contributed by atoms with Crippen molar-refractivity contribution in [2.75, 3.05) is 12.4 Å². The van der Waals surface area contributed by atoms with Crippen LogP contribution in [0.3, 0.4) is 0 Å². The molecule has 2 aromatic heterocycles. The molecule has 4 aromatic rings. The number of aryl methyl sites for hydroxylation is 1. The Morgan fingerprint density at radius 1 is 1.05 bits per heavy atom. The SMILES string of the molecule is COc1nc(-c2cccc(-c3cccc(NC(=O)c4ncnn(C)c4=O)c3Cl)c2Cl)ccc1CN[C@@H]1CCCC[C@@H]1O. The average Bonchev–Trinajstić information content (AvgIpc) is 2.99. The van der Waals surface area contributed by atoms with Crippen LogP contribution in [0.4, 0.5) is 5.69 Å². The number of carbonyl (C=O) groups excluding carboxylic acids is 1. The molecule has 0 aliphatic heterocycles. The second-order valence-electron chi connectivity index (χ2n) is 10.0. The van der Waals surface area contributed by atoms with E-state index in [1.54, 1.807) is 25.3 Å². The van der Waals surface area contributed by atoms with Gasteiger partial charge < -0.3 is 20.5 Å². The molecule has 0 unspecified atom stereocenters. The first-order valence-corrected chi connectivity index (χ1v) is 14.3. The minimum absolute atomic E-state index is 0.0471. The third-order valence-electron chi connectivity index (χ3n) is 7.35. The number of hydrogen-bond acceptors (Lipinski definition) is 8. The van der Waals surface area contributed by atoms with Crippen molar-refractivity contribution in [3.8, 4) is 28.3 Å². The van der Waals surface area contributed by atoms with Crippen LogP contribution in [0.1, 0.15) is 41.7 Å². The maximum absolute atomic E-state index is 12.8. The van der Waals surface area contributed by atoms with Gasteiger partial charge in [0, 0.05) is 41.9 Å². The number of anilines is 1. The topological polar surface area (TPSA) is 131 Å². The molecular weight excluding hydrogens is 579 g/mol. The Bertz CT molecular complexity index is 1680. The molecule has 5 rings (SSSR count). The van der Waals surface area contributed by atoms with Crippen LogP contribution in [-0.4, -0.2) is 50.0 Å². The summed E-state index contributed by atoms with van der Waals surface area (Å²) in [5.74, 6) is -0.244. The number of benzene rings is 2. The van der Waals surface area contributed by atoms with Gasteiger partial charge in [-0.1, -0.05) is 72.4 Å².